The third-order valence-electron chi connectivity index (χ3n) is 3.19. The van der Waals surface area contributed by atoms with Crippen LogP contribution in [0.4, 0.5) is 5.69 Å². The molecule has 19 heavy (non-hydrogen) atoms. The molecule has 4 nitrogen and oxygen atoms in total. The number of hydrogen-bond donors (Lipinski definition) is 2. The minimum atomic E-state index is -0.0219. The van der Waals surface area contributed by atoms with Gasteiger partial charge < -0.3 is 10.6 Å². The molecule has 1 aliphatic carbocycles. The topological polar surface area (TPSA) is 54.0 Å². The molecular weight excluding hydrogens is 282 g/mol. The van der Waals surface area contributed by atoms with Gasteiger partial charge in [0.05, 0.1) is 11.9 Å². The normalized spacial score (nSPS) is 15.2. The van der Waals surface area contributed by atoms with E-state index in [0.29, 0.717) is 28.3 Å². The average Bonchev–Trinajstić information content (AvgIpc) is 2.84. The average molecular weight is 298 g/mol. The lowest BCUT2D eigenvalue weighted by molar-refractivity contribution is -0.120. The maximum Gasteiger partial charge on any atom is 0.226 e. The summed E-state index contributed by atoms with van der Waals surface area (Å²) < 4.78 is 0. The van der Waals surface area contributed by atoms with E-state index in [1.807, 2.05) is 0 Å². The summed E-state index contributed by atoms with van der Waals surface area (Å²) in [5.41, 5.74) is 0.704. The maximum absolute atomic E-state index is 11.8. The van der Waals surface area contributed by atoms with Crippen molar-refractivity contribution in [2.45, 2.75) is 32.1 Å². The number of anilines is 1. The highest BCUT2D eigenvalue weighted by Crippen LogP contribution is 2.27. The van der Waals surface area contributed by atoms with E-state index in [1.54, 1.807) is 18.3 Å². The Morgan fingerprint density at radius 1 is 1.42 bits per heavy atom. The van der Waals surface area contributed by atoms with Crippen LogP contribution in [0.2, 0.25) is 5.15 Å². The molecular formula is C13H16ClN3OS. The van der Waals surface area contributed by atoms with Crippen LogP contribution in [0.3, 0.4) is 0 Å². The monoisotopic (exact) mass is 297 g/mol. The third kappa shape index (κ3) is 4.76. The van der Waals surface area contributed by atoms with Gasteiger partial charge in [-0.25, -0.2) is 4.98 Å². The number of pyridine rings is 1. The van der Waals surface area contributed by atoms with Gasteiger partial charge in [-0.1, -0.05) is 24.4 Å². The molecule has 0 atom stereocenters. The summed E-state index contributed by atoms with van der Waals surface area (Å²) in [6.07, 6.45) is 6.88. The number of nitrogens with one attached hydrogen (secondary N) is 2. The largest absolute Gasteiger partial charge is 0.331 e. The van der Waals surface area contributed by atoms with Crippen molar-refractivity contribution >= 4 is 40.5 Å². The standard InChI is InChI=1S/C13H16ClN3OS/c14-11-6-5-10(8-15-11)16-13(19)17-12(18)7-9-3-1-2-4-9/h5-6,8-9H,1-4,7H2,(H2,16,17,18,19). The zero-order chi connectivity index (χ0) is 13.7. The second kappa shape index (κ2) is 6.82. The molecule has 102 valence electrons. The first-order valence-corrected chi connectivity index (χ1v) is 7.14. The van der Waals surface area contributed by atoms with Crippen LogP contribution in [0.5, 0.6) is 0 Å². The number of carbonyl (C=O) groups excluding carboxylic acids is 1. The molecule has 0 saturated heterocycles. The lowest BCUT2D eigenvalue weighted by Gasteiger charge is -2.11. The van der Waals surface area contributed by atoms with Crippen LogP contribution in [0, 0.1) is 5.92 Å². The van der Waals surface area contributed by atoms with Crippen LogP contribution in [-0.2, 0) is 4.79 Å². The summed E-state index contributed by atoms with van der Waals surface area (Å²) in [5, 5.41) is 6.31. The van der Waals surface area contributed by atoms with Gasteiger partial charge in [0.25, 0.3) is 0 Å². The van der Waals surface area contributed by atoms with Gasteiger partial charge in [0.1, 0.15) is 5.15 Å². The first-order chi connectivity index (χ1) is 9.13. The van der Waals surface area contributed by atoms with Crippen molar-refractivity contribution in [3.63, 3.8) is 0 Å². The molecule has 1 aromatic heterocycles. The predicted molar refractivity (Wildman–Crippen MR) is 80.2 cm³/mol. The fourth-order valence-corrected chi connectivity index (χ4v) is 2.61. The number of nitrogens with zero attached hydrogens (tertiary/aromatic N) is 1. The number of hydrogen-bond acceptors (Lipinski definition) is 3. The lowest BCUT2D eigenvalue weighted by atomic mass is 10.0. The van der Waals surface area contributed by atoms with Crippen LogP contribution in [0.1, 0.15) is 32.1 Å². The van der Waals surface area contributed by atoms with Gasteiger partial charge in [-0.3, -0.25) is 4.79 Å². The molecule has 0 unspecified atom stereocenters. The first-order valence-electron chi connectivity index (χ1n) is 6.36. The quantitative estimate of drug-likeness (QED) is 0.665. The van der Waals surface area contributed by atoms with E-state index in [-0.39, 0.29) is 5.91 Å². The highest BCUT2D eigenvalue weighted by atomic mass is 35.5. The molecule has 1 amide bonds. The van der Waals surface area contributed by atoms with Crippen molar-refractivity contribution in [3.05, 3.63) is 23.5 Å². The summed E-state index contributed by atoms with van der Waals surface area (Å²) >= 11 is 10.8. The van der Waals surface area contributed by atoms with Gasteiger partial charge in [0.2, 0.25) is 5.91 Å². The molecule has 6 heteroatoms. The summed E-state index contributed by atoms with van der Waals surface area (Å²) in [5.74, 6) is 0.492. The van der Waals surface area contributed by atoms with E-state index >= 15 is 0 Å². The van der Waals surface area contributed by atoms with Crippen LogP contribution in [-0.4, -0.2) is 16.0 Å². The number of aromatic nitrogens is 1. The summed E-state index contributed by atoms with van der Waals surface area (Å²) in [4.78, 5) is 15.7. The number of amides is 1. The molecule has 0 radical (unpaired) electrons. The molecule has 0 bridgehead atoms. The Balaban J connectivity index is 1.77. The maximum atomic E-state index is 11.8. The number of halogens is 1. The molecule has 0 aromatic carbocycles. The summed E-state index contributed by atoms with van der Waals surface area (Å²) in [6.45, 7) is 0. The van der Waals surface area contributed by atoms with E-state index in [2.05, 4.69) is 15.6 Å². The second-order valence-corrected chi connectivity index (χ2v) is 5.52. The first kappa shape index (κ1) is 14.2. The smallest absolute Gasteiger partial charge is 0.226 e. The van der Waals surface area contributed by atoms with Crippen molar-refractivity contribution in [1.29, 1.82) is 0 Å². The van der Waals surface area contributed by atoms with E-state index in [1.165, 1.54) is 12.8 Å². The number of thiocarbonyl (C=S) groups is 1. The van der Waals surface area contributed by atoms with Crippen LogP contribution >= 0.6 is 23.8 Å². The van der Waals surface area contributed by atoms with Crippen LogP contribution in [0.25, 0.3) is 0 Å². The molecule has 2 rings (SSSR count). The molecule has 1 heterocycles. The zero-order valence-electron chi connectivity index (χ0n) is 10.5. The van der Waals surface area contributed by atoms with E-state index in [4.69, 9.17) is 23.8 Å². The fraction of sp³-hybridized carbons (Fsp3) is 0.462. The number of carbonyl (C=O) groups is 1. The second-order valence-electron chi connectivity index (χ2n) is 4.73. The van der Waals surface area contributed by atoms with Crippen molar-refractivity contribution in [2.24, 2.45) is 5.92 Å². The highest BCUT2D eigenvalue weighted by Gasteiger charge is 2.18. The van der Waals surface area contributed by atoms with Crippen molar-refractivity contribution in [2.75, 3.05) is 5.32 Å². The van der Waals surface area contributed by atoms with Gasteiger partial charge in [-0.2, -0.15) is 0 Å². The van der Waals surface area contributed by atoms with E-state index in [0.717, 1.165) is 12.8 Å². The van der Waals surface area contributed by atoms with Gasteiger partial charge in [0, 0.05) is 6.42 Å². The number of rotatable bonds is 3. The molecule has 0 spiro atoms. The van der Waals surface area contributed by atoms with E-state index in [9.17, 15) is 4.79 Å². The van der Waals surface area contributed by atoms with Crippen molar-refractivity contribution in [1.82, 2.24) is 10.3 Å². The zero-order valence-corrected chi connectivity index (χ0v) is 12.1. The Morgan fingerprint density at radius 2 is 2.16 bits per heavy atom. The Bertz CT molecular complexity index is 457. The lowest BCUT2D eigenvalue weighted by Crippen LogP contribution is -2.34. The summed E-state index contributed by atoms with van der Waals surface area (Å²) in [6, 6.07) is 3.41. The molecule has 2 N–H and O–H groups in total. The molecule has 0 aliphatic heterocycles. The highest BCUT2D eigenvalue weighted by molar-refractivity contribution is 7.80. The minimum absolute atomic E-state index is 0.0219. The molecule has 1 saturated carbocycles. The Hall–Kier alpha value is -1.20. The Kier molecular flexibility index (Phi) is 5.10. The van der Waals surface area contributed by atoms with Gasteiger partial charge in [-0.05, 0) is 43.1 Å². The Morgan fingerprint density at radius 3 is 2.79 bits per heavy atom. The van der Waals surface area contributed by atoms with Gasteiger partial charge in [-0.15, -0.1) is 0 Å². The summed E-state index contributed by atoms with van der Waals surface area (Å²) in [7, 11) is 0. The predicted octanol–water partition coefficient (Wildman–Crippen LogP) is 3.13. The molecule has 1 aliphatic rings. The van der Waals surface area contributed by atoms with Gasteiger partial charge in [0.15, 0.2) is 5.11 Å². The van der Waals surface area contributed by atoms with Crippen LogP contribution in [0.15, 0.2) is 18.3 Å². The SMILES string of the molecule is O=C(CC1CCCC1)NC(=S)Nc1ccc(Cl)nc1. The minimum Gasteiger partial charge on any atom is -0.331 e. The fourth-order valence-electron chi connectivity index (χ4n) is 2.27. The Labute approximate surface area is 122 Å². The third-order valence-corrected chi connectivity index (χ3v) is 3.61. The van der Waals surface area contributed by atoms with Gasteiger partial charge >= 0.3 is 0 Å². The van der Waals surface area contributed by atoms with E-state index < -0.39 is 0 Å². The van der Waals surface area contributed by atoms with Crippen molar-refractivity contribution in [3.8, 4) is 0 Å². The van der Waals surface area contributed by atoms with Crippen LogP contribution < -0.4 is 10.6 Å². The molecule has 1 fully saturated rings. The molecule has 1 aromatic rings. The van der Waals surface area contributed by atoms with Crippen molar-refractivity contribution < 1.29 is 4.79 Å².